The molecule has 0 aliphatic carbocycles. The van der Waals surface area contributed by atoms with Crippen molar-refractivity contribution in [2.24, 2.45) is 7.05 Å². The van der Waals surface area contributed by atoms with Gasteiger partial charge in [0.05, 0.1) is 11.0 Å². The largest absolute Gasteiger partial charge is 0.313 e. The van der Waals surface area contributed by atoms with Gasteiger partial charge in [-0.1, -0.05) is 12.1 Å². The van der Waals surface area contributed by atoms with E-state index < -0.39 is 0 Å². The van der Waals surface area contributed by atoms with Crippen LogP contribution in [0.25, 0.3) is 11.0 Å². The molecule has 0 spiro atoms. The topological polar surface area (TPSA) is 46.9 Å². The summed E-state index contributed by atoms with van der Waals surface area (Å²) >= 11 is 0. The summed E-state index contributed by atoms with van der Waals surface area (Å²) in [7, 11) is 1.86. The van der Waals surface area contributed by atoms with Crippen LogP contribution >= 0.6 is 0 Å². The highest BCUT2D eigenvalue weighted by molar-refractivity contribution is 5.81. The fourth-order valence-electron chi connectivity index (χ4n) is 1.33. The maximum Gasteiger partial charge on any atom is 0.213 e. The first-order valence-electron chi connectivity index (χ1n) is 3.94. The quantitative estimate of drug-likeness (QED) is 0.696. The third kappa shape index (κ3) is 1.16. The van der Waals surface area contributed by atoms with Gasteiger partial charge in [0.1, 0.15) is 0 Å². The summed E-state index contributed by atoms with van der Waals surface area (Å²) in [6.45, 7) is 0. The van der Waals surface area contributed by atoms with E-state index in [1.54, 1.807) is 0 Å². The molecule has 0 radical (unpaired) electrons. The maximum absolute atomic E-state index is 10.2. The summed E-state index contributed by atoms with van der Waals surface area (Å²) in [5, 5.41) is 2.54. The number of carbonyl (C=O) groups is 1. The monoisotopic (exact) mass is 175 g/mol. The normalized spacial score (nSPS) is 10.2. The van der Waals surface area contributed by atoms with Crippen molar-refractivity contribution in [3.05, 3.63) is 24.3 Å². The molecule has 0 bridgehead atoms. The van der Waals surface area contributed by atoms with Gasteiger partial charge in [0.25, 0.3) is 0 Å². The minimum Gasteiger partial charge on any atom is -0.313 e. The molecule has 66 valence electrons. The van der Waals surface area contributed by atoms with Crippen LogP contribution in [0.5, 0.6) is 0 Å². The lowest BCUT2D eigenvalue weighted by Crippen LogP contribution is -2.01. The van der Waals surface area contributed by atoms with Gasteiger partial charge in [0.15, 0.2) is 0 Å². The Balaban J connectivity index is 2.66. The molecule has 0 unspecified atom stereocenters. The molecular weight excluding hydrogens is 166 g/mol. The van der Waals surface area contributed by atoms with Crippen LogP contribution in [0.2, 0.25) is 0 Å². The summed E-state index contributed by atoms with van der Waals surface area (Å²) in [6.07, 6.45) is 0.626. The van der Waals surface area contributed by atoms with Crippen molar-refractivity contribution < 1.29 is 4.79 Å². The number of hydrogen-bond donors (Lipinski definition) is 1. The average molecular weight is 175 g/mol. The van der Waals surface area contributed by atoms with Crippen LogP contribution in [0.1, 0.15) is 0 Å². The second kappa shape index (κ2) is 2.90. The molecule has 2 rings (SSSR count). The number of amides is 1. The van der Waals surface area contributed by atoms with Gasteiger partial charge in [-0.25, -0.2) is 4.98 Å². The molecule has 0 atom stereocenters. The van der Waals surface area contributed by atoms with E-state index in [2.05, 4.69) is 10.3 Å². The van der Waals surface area contributed by atoms with Crippen LogP contribution in [0, 0.1) is 0 Å². The van der Waals surface area contributed by atoms with E-state index in [1.807, 2.05) is 35.9 Å². The number of aryl methyl sites for hydroxylation is 1. The van der Waals surface area contributed by atoms with Crippen LogP contribution in [0.15, 0.2) is 24.3 Å². The van der Waals surface area contributed by atoms with Gasteiger partial charge < -0.3 is 4.57 Å². The molecule has 0 fully saturated rings. The van der Waals surface area contributed by atoms with Crippen molar-refractivity contribution >= 4 is 23.4 Å². The van der Waals surface area contributed by atoms with Gasteiger partial charge in [0, 0.05) is 7.05 Å². The summed E-state index contributed by atoms with van der Waals surface area (Å²) in [5.74, 6) is 0.566. The number of para-hydroxylation sites is 2. The number of imidazole rings is 1. The van der Waals surface area contributed by atoms with E-state index >= 15 is 0 Å². The van der Waals surface area contributed by atoms with Gasteiger partial charge in [0.2, 0.25) is 12.4 Å². The smallest absolute Gasteiger partial charge is 0.213 e. The summed E-state index contributed by atoms with van der Waals surface area (Å²) in [4.78, 5) is 14.5. The second-order valence-electron chi connectivity index (χ2n) is 2.75. The number of nitrogens with one attached hydrogen (secondary N) is 1. The lowest BCUT2D eigenvalue weighted by atomic mass is 10.3. The predicted octanol–water partition coefficient (Wildman–Crippen LogP) is 1.14. The number of nitrogens with zero attached hydrogens (tertiary/aromatic N) is 2. The Labute approximate surface area is 75.2 Å². The van der Waals surface area contributed by atoms with Crippen molar-refractivity contribution in [3.8, 4) is 0 Å². The Morgan fingerprint density at radius 3 is 2.92 bits per heavy atom. The molecule has 1 aromatic heterocycles. The number of carbonyl (C=O) groups excluding carboxylic acids is 1. The molecule has 0 saturated heterocycles. The molecule has 1 heterocycles. The number of hydrogen-bond acceptors (Lipinski definition) is 2. The Kier molecular flexibility index (Phi) is 1.73. The highest BCUT2D eigenvalue weighted by Crippen LogP contribution is 2.16. The molecule has 4 heteroatoms. The Hall–Kier alpha value is -1.84. The van der Waals surface area contributed by atoms with Crippen LogP contribution in [-0.2, 0) is 11.8 Å². The van der Waals surface area contributed by atoms with Gasteiger partial charge in [-0.2, -0.15) is 0 Å². The molecular formula is C9H9N3O. The van der Waals surface area contributed by atoms with Gasteiger partial charge >= 0.3 is 0 Å². The third-order valence-electron chi connectivity index (χ3n) is 1.98. The number of aromatic nitrogens is 2. The number of rotatable bonds is 2. The molecule has 1 amide bonds. The first kappa shape index (κ1) is 7.79. The number of benzene rings is 1. The lowest BCUT2D eigenvalue weighted by Gasteiger charge is -1.97. The SMILES string of the molecule is Cn1c(NC=O)nc2ccccc21. The lowest BCUT2D eigenvalue weighted by molar-refractivity contribution is -0.105. The maximum atomic E-state index is 10.2. The first-order valence-corrected chi connectivity index (χ1v) is 3.94. The second-order valence-corrected chi connectivity index (χ2v) is 2.75. The van der Waals surface area contributed by atoms with Crippen molar-refractivity contribution in [1.82, 2.24) is 9.55 Å². The molecule has 2 aromatic rings. The molecule has 1 N–H and O–H groups in total. The summed E-state index contributed by atoms with van der Waals surface area (Å²) < 4.78 is 1.84. The van der Waals surface area contributed by atoms with E-state index in [1.165, 1.54) is 0 Å². The van der Waals surface area contributed by atoms with Gasteiger partial charge in [-0.3, -0.25) is 10.1 Å². The zero-order chi connectivity index (χ0) is 9.26. The van der Waals surface area contributed by atoms with Crippen LogP contribution < -0.4 is 5.32 Å². The molecule has 13 heavy (non-hydrogen) atoms. The van der Waals surface area contributed by atoms with Crippen LogP contribution in [0.3, 0.4) is 0 Å². The average Bonchev–Trinajstić information content (AvgIpc) is 2.46. The molecule has 0 saturated carbocycles. The third-order valence-corrected chi connectivity index (χ3v) is 1.98. The summed E-state index contributed by atoms with van der Waals surface area (Å²) in [6, 6.07) is 7.72. The van der Waals surface area contributed by atoms with Crippen molar-refractivity contribution in [1.29, 1.82) is 0 Å². The standard InChI is InChI=1S/C9H9N3O/c1-12-8-5-3-2-4-7(8)11-9(12)10-6-13/h2-6H,1H3,(H,10,11,13). The van der Waals surface area contributed by atoms with E-state index in [-0.39, 0.29) is 0 Å². The van der Waals surface area contributed by atoms with E-state index in [4.69, 9.17) is 0 Å². The number of fused-ring (bicyclic) bond motifs is 1. The Morgan fingerprint density at radius 1 is 1.46 bits per heavy atom. The zero-order valence-corrected chi connectivity index (χ0v) is 7.19. The van der Waals surface area contributed by atoms with Crippen molar-refractivity contribution in [2.45, 2.75) is 0 Å². The van der Waals surface area contributed by atoms with Crippen LogP contribution in [0.4, 0.5) is 5.95 Å². The molecule has 1 aromatic carbocycles. The van der Waals surface area contributed by atoms with Gasteiger partial charge in [-0.05, 0) is 12.1 Å². The molecule has 0 aliphatic rings. The fraction of sp³-hybridized carbons (Fsp3) is 0.111. The Bertz CT molecular complexity index is 447. The fourth-order valence-corrected chi connectivity index (χ4v) is 1.33. The minimum absolute atomic E-state index is 0.566. The van der Waals surface area contributed by atoms with Gasteiger partial charge in [-0.15, -0.1) is 0 Å². The van der Waals surface area contributed by atoms with E-state index in [0.717, 1.165) is 11.0 Å². The first-order chi connectivity index (χ1) is 6.33. The van der Waals surface area contributed by atoms with Crippen LogP contribution in [-0.4, -0.2) is 16.0 Å². The summed E-state index contributed by atoms with van der Waals surface area (Å²) in [5.41, 5.74) is 1.89. The predicted molar refractivity (Wildman–Crippen MR) is 50.4 cm³/mol. The highest BCUT2D eigenvalue weighted by Gasteiger charge is 2.04. The van der Waals surface area contributed by atoms with E-state index in [0.29, 0.717) is 12.4 Å². The zero-order valence-electron chi connectivity index (χ0n) is 7.19. The van der Waals surface area contributed by atoms with Crippen molar-refractivity contribution in [3.63, 3.8) is 0 Å². The molecule has 0 aliphatic heterocycles. The Morgan fingerprint density at radius 2 is 2.23 bits per heavy atom. The molecule has 4 nitrogen and oxygen atoms in total. The van der Waals surface area contributed by atoms with E-state index in [9.17, 15) is 4.79 Å². The number of anilines is 1. The highest BCUT2D eigenvalue weighted by atomic mass is 16.1. The van der Waals surface area contributed by atoms with Crippen molar-refractivity contribution in [2.75, 3.05) is 5.32 Å². The minimum atomic E-state index is 0.566.